The summed E-state index contributed by atoms with van der Waals surface area (Å²) in [5.41, 5.74) is 1.19. The van der Waals surface area contributed by atoms with E-state index in [0.717, 1.165) is 44.0 Å². The lowest BCUT2D eigenvalue weighted by Crippen LogP contribution is -2.44. The lowest BCUT2D eigenvalue weighted by Gasteiger charge is -2.26. The molecule has 25 heavy (non-hydrogen) atoms. The molecule has 0 spiro atoms. The number of hydrogen-bond acceptors (Lipinski definition) is 2. The molecule has 1 aromatic carbocycles. The van der Waals surface area contributed by atoms with Gasteiger partial charge in [-0.2, -0.15) is 0 Å². The molecule has 0 aromatic heterocycles. The fraction of sp³-hybridized carbons (Fsp3) is 0.650. The van der Waals surface area contributed by atoms with Crippen molar-refractivity contribution in [3.8, 4) is 0 Å². The highest BCUT2D eigenvalue weighted by atomic mass is 19.1. The number of benzene rings is 1. The van der Waals surface area contributed by atoms with Gasteiger partial charge < -0.3 is 15.0 Å². The third kappa shape index (κ3) is 2.55. The molecule has 3 heterocycles. The van der Waals surface area contributed by atoms with Crippen LogP contribution in [0.1, 0.15) is 31.2 Å². The Hall–Kier alpha value is -1.62. The number of rotatable bonds is 3. The van der Waals surface area contributed by atoms with Crippen LogP contribution in [-0.4, -0.2) is 49.7 Å². The van der Waals surface area contributed by atoms with E-state index in [1.807, 2.05) is 13.1 Å². The summed E-state index contributed by atoms with van der Waals surface area (Å²) >= 11 is 0. The van der Waals surface area contributed by atoms with E-state index < -0.39 is 0 Å². The SMILES string of the molecule is CN=C(NCC1(c2cccc(F)c2)CC1)N1CC2C3CCC(O3)C2C1. The second-order valence-corrected chi connectivity index (χ2v) is 8.21. The maximum atomic E-state index is 13.6. The zero-order valence-corrected chi connectivity index (χ0v) is 14.7. The van der Waals surface area contributed by atoms with Crippen LogP contribution in [0.3, 0.4) is 0 Å². The molecular weight excluding hydrogens is 317 g/mol. The van der Waals surface area contributed by atoms with Gasteiger partial charge in [0.2, 0.25) is 0 Å². The largest absolute Gasteiger partial charge is 0.374 e. The predicted molar refractivity (Wildman–Crippen MR) is 95.1 cm³/mol. The smallest absolute Gasteiger partial charge is 0.193 e. The van der Waals surface area contributed by atoms with Crippen molar-refractivity contribution in [1.82, 2.24) is 10.2 Å². The number of aliphatic imine (C=N–C) groups is 1. The summed E-state index contributed by atoms with van der Waals surface area (Å²) in [5.74, 6) is 2.21. The first-order chi connectivity index (χ1) is 12.2. The summed E-state index contributed by atoms with van der Waals surface area (Å²) in [7, 11) is 1.86. The molecule has 5 rings (SSSR count). The highest BCUT2D eigenvalue weighted by Crippen LogP contribution is 2.48. The molecule has 4 fully saturated rings. The van der Waals surface area contributed by atoms with Crippen LogP contribution in [0.5, 0.6) is 0 Å². The van der Waals surface area contributed by atoms with Gasteiger partial charge in [0.25, 0.3) is 0 Å². The molecule has 4 atom stereocenters. The van der Waals surface area contributed by atoms with Crippen LogP contribution in [0.25, 0.3) is 0 Å². The van der Waals surface area contributed by atoms with Crippen molar-refractivity contribution in [3.05, 3.63) is 35.6 Å². The molecule has 2 bridgehead atoms. The van der Waals surface area contributed by atoms with Crippen molar-refractivity contribution >= 4 is 5.96 Å². The molecule has 1 saturated carbocycles. The van der Waals surface area contributed by atoms with Crippen molar-refractivity contribution in [1.29, 1.82) is 0 Å². The van der Waals surface area contributed by atoms with Gasteiger partial charge >= 0.3 is 0 Å². The lowest BCUT2D eigenvalue weighted by atomic mass is 9.82. The summed E-state index contributed by atoms with van der Waals surface area (Å²) < 4.78 is 19.7. The molecule has 4 unspecified atom stereocenters. The van der Waals surface area contributed by atoms with E-state index in [4.69, 9.17) is 4.74 Å². The van der Waals surface area contributed by atoms with Gasteiger partial charge in [0, 0.05) is 43.9 Å². The Labute approximate surface area is 148 Å². The average molecular weight is 343 g/mol. The summed E-state index contributed by atoms with van der Waals surface area (Å²) in [5, 5.41) is 3.58. The van der Waals surface area contributed by atoms with Gasteiger partial charge in [-0.25, -0.2) is 4.39 Å². The minimum absolute atomic E-state index is 0.0791. The minimum Gasteiger partial charge on any atom is -0.374 e. The van der Waals surface area contributed by atoms with E-state index in [2.05, 4.69) is 21.3 Å². The number of guanidine groups is 1. The Morgan fingerprint density at radius 2 is 2.00 bits per heavy atom. The van der Waals surface area contributed by atoms with Crippen molar-refractivity contribution in [2.75, 3.05) is 26.7 Å². The molecule has 4 aliphatic rings. The molecule has 3 aliphatic heterocycles. The summed E-state index contributed by atoms with van der Waals surface area (Å²) in [6.07, 6.45) is 5.64. The summed E-state index contributed by atoms with van der Waals surface area (Å²) in [6.45, 7) is 2.94. The number of fused-ring (bicyclic) bond motifs is 5. The van der Waals surface area contributed by atoms with Crippen molar-refractivity contribution in [2.24, 2.45) is 16.8 Å². The fourth-order valence-electron chi connectivity index (χ4n) is 5.25. The monoisotopic (exact) mass is 343 g/mol. The van der Waals surface area contributed by atoms with Crippen LogP contribution in [-0.2, 0) is 10.2 Å². The number of likely N-dealkylation sites (tertiary alicyclic amines) is 1. The Balaban J connectivity index is 1.25. The standard InChI is InChI=1S/C20H26FN3O/c1-22-19(24-10-15-16(11-24)18-6-5-17(15)25-18)23-12-20(7-8-20)13-3-2-4-14(21)9-13/h2-4,9,15-18H,5-8,10-12H2,1H3,(H,22,23). The molecule has 0 amide bonds. The number of hydrogen-bond donors (Lipinski definition) is 1. The summed E-state index contributed by atoms with van der Waals surface area (Å²) in [6, 6.07) is 7.07. The first kappa shape index (κ1) is 15.6. The molecular formula is C20H26FN3O. The van der Waals surface area contributed by atoms with Gasteiger partial charge in [-0.1, -0.05) is 12.1 Å². The number of halogens is 1. The molecule has 134 valence electrons. The van der Waals surface area contributed by atoms with Crippen LogP contribution in [0.2, 0.25) is 0 Å². The van der Waals surface area contributed by atoms with E-state index in [1.54, 1.807) is 6.07 Å². The third-order valence-corrected chi connectivity index (χ3v) is 6.84. The highest BCUT2D eigenvalue weighted by molar-refractivity contribution is 5.80. The van der Waals surface area contributed by atoms with Crippen molar-refractivity contribution < 1.29 is 9.13 Å². The molecule has 4 nitrogen and oxygen atoms in total. The Morgan fingerprint density at radius 1 is 1.28 bits per heavy atom. The quantitative estimate of drug-likeness (QED) is 0.677. The van der Waals surface area contributed by atoms with Crippen LogP contribution in [0, 0.1) is 17.7 Å². The maximum absolute atomic E-state index is 13.6. The van der Waals surface area contributed by atoms with E-state index in [-0.39, 0.29) is 11.2 Å². The summed E-state index contributed by atoms with van der Waals surface area (Å²) in [4.78, 5) is 6.93. The van der Waals surface area contributed by atoms with Crippen LogP contribution >= 0.6 is 0 Å². The van der Waals surface area contributed by atoms with E-state index in [0.29, 0.717) is 24.0 Å². The molecule has 5 heteroatoms. The van der Waals surface area contributed by atoms with E-state index >= 15 is 0 Å². The van der Waals surface area contributed by atoms with Gasteiger partial charge in [0.05, 0.1) is 12.2 Å². The van der Waals surface area contributed by atoms with Gasteiger partial charge in [-0.3, -0.25) is 4.99 Å². The Kier molecular flexibility index (Phi) is 3.56. The topological polar surface area (TPSA) is 36.9 Å². The molecule has 1 N–H and O–H groups in total. The number of nitrogens with one attached hydrogen (secondary N) is 1. The van der Waals surface area contributed by atoms with Gasteiger partial charge in [0.1, 0.15) is 5.82 Å². The molecule has 1 aromatic rings. The Bertz CT molecular complexity index is 684. The van der Waals surface area contributed by atoms with E-state index in [1.165, 1.54) is 18.9 Å². The third-order valence-electron chi connectivity index (χ3n) is 6.84. The van der Waals surface area contributed by atoms with Gasteiger partial charge in [0.15, 0.2) is 5.96 Å². The average Bonchev–Trinajstić information content (AvgIpc) is 2.97. The first-order valence-electron chi connectivity index (χ1n) is 9.56. The van der Waals surface area contributed by atoms with Crippen LogP contribution < -0.4 is 5.32 Å². The zero-order chi connectivity index (χ0) is 17.0. The van der Waals surface area contributed by atoms with Crippen molar-refractivity contribution in [2.45, 2.75) is 43.3 Å². The van der Waals surface area contributed by atoms with Crippen LogP contribution in [0.4, 0.5) is 4.39 Å². The van der Waals surface area contributed by atoms with Crippen molar-refractivity contribution in [3.63, 3.8) is 0 Å². The fourth-order valence-corrected chi connectivity index (χ4v) is 5.25. The molecule has 1 aliphatic carbocycles. The predicted octanol–water partition coefficient (Wildman–Crippen LogP) is 2.54. The maximum Gasteiger partial charge on any atom is 0.193 e. The molecule has 0 radical (unpaired) electrons. The molecule has 3 saturated heterocycles. The normalized spacial score (nSPS) is 35.1. The Morgan fingerprint density at radius 3 is 2.60 bits per heavy atom. The van der Waals surface area contributed by atoms with Gasteiger partial charge in [-0.05, 0) is 43.4 Å². The number of ether oxygens (including phenoxy) is 1. The second kappa shape index (κ2) is 5.70. The van der Waals surface area contributed by atoms with Crippen LogP contribution in [0.15, 0.2) is 29.3 Å². The first-order valence-corrected chi connectivity index (χ1v) is 9.56. The second-order valence-electron chi connectivity index (χ2n) is 8.21. The van der Waals surface area contributed by atoms with E-state index in [9.17, 15) is 4.39 Å². The lowest BCUT2D eigenvalue weighted by molar-refractivity contribution is 0.0767. The minimum atomic E-state index is -0.143. The highest BCUT2D eigenvalue weighted by Gasteiger charge is 2.53. The number of nitrogens with zero attached hydrogens (tertiary/aromatic N) is 2. The zero-order valence-electron chi connectivity index (χ0n) is 14.7. The van der Waals surface area contributed by atoms with Gasteiger partial charge in [-0.15, -0.1) is 0 Å².